The number of carbonyl (C=O) groups excluding carboxylic acids is 2. The third kappa shape index (κ3) is 4.77. The molecule has 148 valence electrons. The van der Waals surface area contributed by atoms with Gasteiger partial charge in [-0.3, -0.25) is 9.59 Å². The smallest absolute Gasteiger partial charge is 0.245 e. The average molecular weight is 367 g/mol. The van der Waals surface area contributed by atoms with Gasteiger partial charge in [0, 0.05) is 31.8 Å². The van der Waals surface area contributed by atoms with E-state index in [0.29, 0.717) is 51.5 Å². The number of nitrogens with zero attached hydrogens (tertiary/aromatic N) is 1. The first-order valence-electron chi connectivity index (χ1n) is 10.4. The molecule has 3 fully saturated rings. The van der Waals surface area contributed by atoms with Crippen molar-refractivity contribution in [3.63, 3.8) is 0 Å². The minimum absolute atomic E-state index is 0.0516. The number of amides is 2. The van der Waals surface area contributed by atoms with Gasteiger partial charge in [0.1, 0.15) is 6.04 Å². The largest absolute Gasteiger partial charge is 0.347 e. The quantitative estimate of drug-likeness (QED) is 0.812. The molecule has 2 aliphatic heterocycles. The van der Waals surface area contributed by atoms with Crippen molar-refractivity contribution in [2.24, 2.45) is 11.8 Å². The molecule has 2 amide bonds. The molecule has 3 rings (SSSR count). The van der Waals surface area contributed by atoms with Gasteiger partial charge < -0.3 is 19.7 Å². The molecule has 1 saturated carbocycles. The minimum atomic E-state index is -0.477. The summed E-state index contributed by atoms with van der Waals surface area (Å²) < 4.78 is 11.5. The first-order chi connectivity index (χ1) is 12.5. The highest BCUT2D eigenvalue weighted by Crippen LogP contribution is 2.31. The Labute approximate surface area is 157 Å². The summed E-state index contributed by atoms with van der Waals surface area (Å²) in [5.41, 5.74) is 0. The monoisotopic (exact) mass is 366 g/mol. The zero-order valence-electron chi connectivity index (χ0n) is 16.3. The van der Waals surface area contributed by atoms with E-state index in [2.05, 4.69) is 19.2 Å². The molecule has 0 aromatic carbocycles. The molecular weight excluding hydrogens is 332 g/mol. The van der Waals surface area contributed by atoms with Crippen molar-refractivity contribution >= 4 is 11.8 Å². The van der Waals surface area contributed by atoms with Crippen LogP contribution in [0.4, 0.5) is 0 Å². The van der Waals surface area contributed by atoms with Gasteiger partial charge in [-0.1, -0.05) is 33.1 Å². The maximum Gasteiger partial charge on any atom is 0.245 e. The van der Waals surface area contributed by atoms with E-state index < -0.39 is 11.8 Å². The number of piperidine rings is 1. The maximum absolute atomic E-state index is 13.1. The lowest BCUT2D eigenvalue weighted by Crippen LogP contribution is -2.54. The Balaban J connectivity index is 1.57. The molecule has 6 heteroatoms. The van der Waals surface area contributed by atoms with Crippen molar-refractivity contribution in [1.29, 1.82) is 0 Å². The molecular formula is C20H34N2O4. The normalized spacial score (nSPS) is 24.8. The molecule has 26 heavy (non-hydrogen) atoms. The van der Waals surface area contributed by atoms with Crippen LogP contribution in [-0.2, 0) is 19.1 Å². The molecule has 0 aromatic heterocycles. The summed E-state index contributed by atoms with van der Waals surface area (Å²) in [6, 6.07) is -0.413. The summed E-state index contributed by atoms with van der Waals surface area (Å²) in [5.74, 6) is 0.0788. The van der Waals surface area contributed by atoms with Crippen LogP contribution in [0.1, 0.15) is 65.2 Å². The third-order valence-corrected chi connectivity index (χ3v) is 5.95. The number of ether oxygens (including phenoxy) is 2. The predicted molar refractivity (Wildman–Crippen MR) is 98.4 cm³/mol. The van der Waals surface area contributed by atoms with E-state index in [1.165, 1.54) is 6.42 Å². The van der Waals surface area contributed by atoms with E-state index in [9.17, 15) is 9.59 Å². The van der Waals surface area contributed by atoms with Gasteiger partial charge in [-0.2, -0.15) is 0 Å². The highest BCUT2D eigenvalue weighted by atomic mass is 16.7. The van der Waals surface area contributed by atoms with Crippen LogP contribution >= 0.6 is 0 Å². The van der Waals surface area contributed by atoms with Crippen LogP contribution in [0.25, 0.3) is 0 Å². The summed E-state index contributed by atoms with van der Waals surface area (Å²) in [4.78, 5) is 27.6. The highest BCUT2D eigenvalue weighted by Gasteiger charge is 2.42. The zero-order chi connectivity index (χ0) is 18.6. The lowest BCUT2D eigenvalue weighted by Gasteiger charge is -2.39. The lowest BCUT2D eigenvalue weighted by atomic mass is 9.88. The highest BCUT2D eigenvalue weighted by molar-refractivity contribution is 5.88. The van der Waals surface area contributed by atoms with Gasteiger partial charge in [0.2, 0.25) is 11.8 Å². The van der Waals surface area contributed by atoms with Gasteiger partial charge >= 0.3 is 0 Å². The van der Waals surface area contributed by atoms with E-state index in [-0.39, 0.29) is 17.7 Å². The van der Waals surface area contributed by atoms with Crippen LogP contribution in [0.5, 0.6) is 0 Å². The van der Waals surface area contributed by atoms with Gasteiger partial charge in [0.05, 0.1) is 13.2 Å². The van der Waals surface area contributed by atoms with Crippen molar-refractivity contribution in [2.45, 2.75) is 77.0 Å². The molecule has 0 unspecified atom stereocenters. The summed E-state index contributed by atoms with van der Waals surface area (Å²) in [6.45, 7) is 6.74. The van der Waals surface area contributed by atoms with Crippen molar-refractivity contribution in [2.75, 3.05) is 26.3 Å². The van der Waals surface area contributed by atoms with Crippen molar-refractivity contribution in [1.82, 2.24) is 10.2 Å². The van der Waals surface area contributed by atoms with Crippen molar-refractivity contribution in [3.8, 4) is 0 Å². The second-order valence-electron chi connectivity index (χ2n) is 8.46. The first-order valence-corrected chi connectivity index (χ1v) is 10.4. The third-order valence-electron chi connectivity index (χ3n) is 5.95. The maximum atomic E-state index is 13.1. The Hall–Kier alpha value is -1.14. The Bertz CT molecular complexity index is 486. The standard InChI is InChI=1S/C20H34N2O4/c1-15(2)14-17(21-18(23)16-6-4-3-5-7-16)19(24)22-10-8-20(9-11-22)25-12-13-26-20/h15-17H,3-14H2,1-2H3,(H,21,23)/t17-/m0/s1. The SMILES string of the molecule is CC(C)C[C@H](NC(=O)C1CCCCC1)C(=O)N1CCC2(CC1)OCCO2. The number of hydrogen-bond acceptors (Lipinski definition) is 4. The summed E-state index contributed by atoms with van der Waals surface area (Å²) in [5, 5.41) is 3.08. The van der Waals surface area contributed by atoms with Crippen LogP contribution in [0.2, 0.25) is 0 Å². The molecule has 1 N–H and O–H groups in total. The van der Waals surface area contributed by atoms with Crippen LogP contribution in [0.15, 0.2) is 0 Å². The van der Waals surface area contributed by atoms with E-state index in [4.69, 9.17) is 9.47 Å². The number of hydrogen-bond donors (Lipinski definition) is 1. The Morgan fingerprint density at radius 1 is 1.08 bits per heavy atom. The summed E-state index contributed by atoms with van der Waals surface area (Å²) in [6.07, 6.45) is 7.48. The van der Waals surface area contributed by atoms with E-state index >= 15 is 0 Å². The topological polar surface area (TPSA) is 67.9 Å². The molecule has 6 nitrogen and oxygen atoms in total. The molecule has 1 spiro atoms. The lowest BCUT2D eigenvalue weighted by molar-refractivity contribution is -0.188. The molecule has 1 atom stereocenters. The summed E-state index contributed by atoms with van der Waals surface area (Å²) in [7, 11) is 0. The molecule has 2 heterocycles. The molecule has 0 radical (unpaired) electrons. The molecule has 0 bridgehead atoms. The Morgan fingerprint density at radius 2 is 1.69 bits per heavy atom. The predicted octanol–water partition coefficient (Wildman–Crippen LogP) is 2.46. The fourth-order valence-corrected chi connectivity index (χ4v) is 4.42. The molecule has 2 saturated heterocycles. The van der Waals surface area contributed by atoms with Crippen LogP contribution in [-0.4, -0.2) is 54.8 Å². The van der Waals surface area contributed by atoms with Gasteiger partial charge in [-0.15, -0.1) is 0 Å². The van der Waals surface area contributed by atoms with Gasteiger partial charge in [0.15, 0.2) is 5.79 Å². The number of nitrogens with one attached hydrogen (secondary N) is 1. The average Bonchev–Trinajstić information content (AvgIpc) is 3.09. The molecule has 1 aliphatic carbocycles. The molecule has 3 aliphatic rings. The fraction of sp³-hybridized carbons (Fsp3) is 0.900. The van der Waals surface area contributed by atoms with E-state index in [1.54, 1.807) is 0 Å². The van der Waals surface area contributed by atoms with Crippen molar-refractivity contribution < 1.29 is 19.1 Å². The van der Waals surface area contributed by atoms with Crippen molar-refractivity contribution in [3.05, 3.63) is 0 Å². The first kappa shape index (κ1) is 19.6. The number of carbonyl (C=O) groups is 2. The number of rotatable bonds is 5. The minimum Gasteiger partial charge on any atom is -0.347 e. The van der Waals surface area contributed by atoms with Gasteiger partial charge in [0.25, 0.3) is 0 Å². The Morgan fingerprint density at radius 3 is 2.27 bits per heavy atom. The second kappa shape index (κ2) is 8.70. The van der Waals surface area contributed by atoms with Crippen LogP contribution in [0, 0.1) is 11.8 Å². The van der Waals surface area contributed by atoms with Crippen LogP contribution < -0.4 is 5.32 Å². The molecule has 0 aromatic rings. The van der Waals surface area contributed by atoms with Gasteiger partial charge in [-0.05, 0) is 25.2 Å². The fourth-order valence-electron chi connectivity index (χ4n) is 4.42. The van der Waals surface area contributed by atoms with E-state index in [1.807, 2.05) is 4.90 Å². The van der Waals surface area contributed by atoms with Crippen LogP contribution in [0.3, 0.4) is 0 Å². The Kier molecular flexibility index (Phi) is 6.56. The second-order valence-corrected chi connectivity index (χ2v) is 8.46. The van der Waals surface area contributed by atoms with E-state index in [0.717, 1.165) is 25.7 Å². The number of likely N-dealkylation sites (tertiary alicyclic amines) is 1. The summed E-state index contributed by atoms with van der Waals surface area (Å²) >= 11 is 0. The zero-order valence-corrected chi connectivity index (χ0v) is 16.3. The van der Waals surface area contributed by atoms with Gasteiger partial charge in [-0.25, -0.2) is 0 Å².